The van der Waals surface area contributed by atoms with E-state index in [1.54, 1.807) is 0 Å². The summed E-state index contributed by atoms with van der Waals surface area (Å²) < 4.78 is 2.99. The highest BCUT2D eigenvalue weighted by Gasteiger charge is 2.13. The second-order valence-corrected chi connectivity index (χ2v) is 3.68. The van der Waals surface area contributed by atoms with Crippen LogP contribution in [0.5, 0.6) is 0 Å². The van der Waals surface area contributed by atoms with Crippen LogP contribution in [0.3, 0.4) is 0 Å². The first-order valence-electron chi connectivity index (χ1n) is 4.03. The van der Waals surface area contributed by atoms with Gasteiger partial charge in [0, 0.05) is 5.54 Å². The Balaban J connectivity index is 3.28. The van der Waals surface area contributed by atoms with Crippen LogP contribution in [0.1, 0.15) is 46.5 Å². The van der Waals surface area contributed by atoms with E-state index in [1.807, 2.05) is 0 Å². The van der Waals surface area contributed by atoms with Crippen molar-refractivity contribution >= 4 is 12.8 Å². The minimum atomic E-state index is 0.207. The van der Waals surface area contributed by atoms with Crippen molar-refractivity contribution in [3.8, 4) is 0 Å². The fourth-order valence-corrected chi connectivity index (χ4v) is 0.985. The summed E-state index contributed by atoms with van der Waals surface area (Å²) >= 11 is 4.05. The Labute approximate surface area is 70.1 Å². The lowest BCUT2D eigenvalue weighted by molar-refractivity contribution is 0.421. The molecule has 0 atom stereocenters. The van der Waals surface area contributed by atoms with Gasteiger partial charge in [-0.3, -0.25) is 4.72 Å². The number of hydrogen-bond acceptors (Lipinski definition) is 2. The molecule has 1 N–H and O–H groups in total. The average Bonchev–Trinajstić information content (AvgIpc) is 1.89. The Morgan fingerprint density at radius 1 is 1.30 bits per heavy atom. The molecule has 0 radical (unpaired) electrons. The maximum absolute atomic E-state index is 4.05. The Hall–Kier alpha value is 0.310. The fraction of sp³-hybridized carbons (Fsp3) is 1.00. The van der Waals surface area contributed by atoms with Crippen LogP contribution >= 0.6 is 12.8 Å². The van der Waals surface area contributed by atoms with Crippen LogP contribution in [0.2, 0.25) is 0 Å². The van der Waals surface area contributed by atoms with Gasteiger partial charge in [0.05, 0.1) is 0 Å². The van der Waals surface area contributed by atoms with Gasteiger partial charge in [0.25, 0.3) is 0 Å². The number of thiol groups is 1. The lowest BCUT2D eigenvalue weighted by Gasteiger charge is -2.22. The van der Waals surface area contributed by atoms with E-state index < -0.39 is 0 Å². The van der Waals surface area contributed by atoms with E-state index in [4.69, 9.17) is 0 Å². The second kappa shape index (κ2) is 5.03. The van der Waals surface area contributed by atoms with Gasteiger partial charge < -0.3 is 0 Å². The van der Waals surface area contributed by atoms with E-state index in [0.717, 1.165) is 0 Å². The van der Waals surface area contributed by atoms with Gasteiger partial charge in [0.1, 0.15) is 0 Å². The minimum Gasteiger partial charge on any atom is -0.261 e. The summed E-state index contributed by atoms with van der Waals surface area (Å²) in [5.74, 6) is 0. The molecule has 0 spiro atoms. The largest absolute Gasteiger partial charge is 0.261 e. The maximum Gasteiger partial charge on any atom is 0.0224 e. The van der Waals surface area contributed by atoms with Gasteiger partial charge >= 0.3 is 0 Å². The average molecular weight is 161 g/mol. The van der Waals surface area contributed by atoms with Crippen molar-refractivity contribution in [1.29, 1.82) is 0 Å². The molecule has 0 heterocycles. The number of hydrogen-bond donors (Lipinski definition) is 2. The monoisotopic (exact) mass is 161 g/mol. The molecular weight excluding hydrogens is 142 g/mol. The third-order valence-corrected chi connectivity index (χ3v) is 2.31. The van der Waals surface area contributed by atoms with Gasteiger partial charge in [-0.25, -0.2) is 0 Å². The van der Waals surface area contributed by atoms with Crippen LogP contribution in [0.25, 0.3) is 0 Å². The summed E-state index contributed by atoms with van der Waals surface area (Å²) in [6.07, 6.45) is 5.14. The first-order valence-corrected chi connectivity index (χ1v) is 4.48. The highest BCUT2D eigenvalue weighted by molar-refractivity contribution is 7.78. The molecule has 0 saturated carbocycles. The molecule has 0 fully saturated rings. The molecule has 2 heteroatoms. The zero-order chi connectivity index (χ0) is 8.04. The quantitative estimate of drug-likeness (QED) is 0.467. The minimum absolute atomic E-state index is 0.207. The van der Waals surface area contributed by atoms with Crippen LogP contribution in [0, 0.1) is 0 Å². The first-order chi connectivity index (χ1) is 4.62. The summed E-state index contributed by atoms with van der Waals surface area (Å²) in [7, 11) is 0. The van der Waals surface area contributed by atoms with Gasteiger partial charge in [0.2, 0.25) is 0 Å². The number of unbranched alkanes of at least 4 members (excludes halogenated alkanes) is 2. The van der Waals surface area contributed by atoms with E-state index in [9.17, 15) is 0 Å². The lowest BCUT2D eigenvalue weighted by atomic mass is 9.98. The summed E-state index contributed by atoms with van der Waals surface area (Å²) in [6.45, 7) is 6.58. The topological polar surface area (TPSA) is 12.0 Å². The molecular formula is C8H19NS. The van der Waals surface area contributed by atoms with E-state index in [2.05, 4.69) is 38.3 Å². The second-order valence-electron chi connectivity index (χ2n) is 3.45. The molecule has 0 rings (SSSR count). The molecule has 0 aliphatic heterocycles. The maximum atomic E-state index is 4.05. The van der Waals surface area contributed by atoms with Crippen molar-refractivity contribution in [2.24, 2.45) is 0 Å². The van der Waals surface area contributed by atoms with Crippen LogP contribution < -0.4 is 4.72 Å². The molecule has 62 valence electrons. The molecule has 10 heavy (non-hydrogen) atoms. The predicted molar refractivity (Wildman–Crippen MR) is 50.3 cm³/mol. The van der Waals surface area contributed by atoms with Crippen LogP contribution in [0.15, 0.2) is 0 Å². The van der Waals surface area contributed by atoms with Crippen molar-refractivity contribution in [2.45, 2.75) is 52.0 Å². The smallest absolute Gasteiger partial charge is 0.0224 e. The van der Waals surface area contributed by atoms with Gasteiger partial charge in [-0.1, -0.05) is 39.0 Å². The Morgan fingerprint density at radius 2 is 1.90 bits per heavy atom. The van der Waals surface area contributed by atoms with E-state index >= 15 is 0 Å². The zero-order valence-electron chi connectivity index (χ0n) is 7.28. The van der Waals surface area contributed by atoms with E-state index in [1.165, 1.54) is 25.7 Å². The third-order valence-electron chi connectivity index (χ3n) is 1.71. The SMILES string of the molecule is CCCCCC(C)(C)NS. The molecule has 0 bridgehead atoms. The molecule has 0 aliphatic carbocycles. The molecule has 0 aromatic rings. The molecule has 0 aromatic heterocycles. The lowest BCUT2D eigenvalue weighted by Crippen LogP contribution is -2.32. The zero-order valence-corrected chi connectivity index (χ0v) is 8.17. The number of nitrogens with one attached hydrogen (secondary N) is 1. The van der Waals surface area contributed by atoms with E-state index in [-0.39, 0.29) is 5.54 Å². The normalized spacial score (nSPS) is 12.0. The van der Waals surface area contributed by atoms with Crippen LogP contribution in [-0.2, 0) is 0 Å². The number of rotatable bonds is 5. The van der Waals surface area contributed by atoms with Crippen molar-refractivity contribution in [1.82, 2.24) is 4.72 Å². The molecule has 0 saturated heterocycles. The summed E-state index contributed by atoms with van der Waals surface area (Å²) in [6, 6.07) is 0. The van der Waals surface area contributed by atoms with Crippen LogP contribution in [-0.4, -0.2) is 5.54 Å². The molecule has 0 amide bonds. The predicted octanol–water partition coefficient (Wildman–Crippen LogP) is 2.78. The standard InChI is InChI=1S/C8H19NS/c1-4-5-6-7-8(2,3)9-10/h9-10H,4-7H2,1-3H3. The van der Waals surface area contributed by atoms with Crippen molar-refractivity contribution in [3.05, 3.63) is 0 Å². The van der Waals surface area contributed by atoms with Crippen molar-refractivity contribution in [2.75, 3.05) is 0 Å². The third kappa shape index (κ3) is 5.12. The Bertz CT molecular complexity index is 81.3. The van der Waals surface area contributed by atoms with E-state index in [0.29, 0.717) is 0 Å². The summed E-state index contributed by atoms with van der Waals surface area (Å²) in [5.41, 5.74) is 0.207. The summed E-state index contributed by atoms with van der Waals surface area (Å²) in [5, 5.41) is 0. The van der Waals surface area contributed by atoms with Crippen molar-refractivity contribution < 1.29 is 0 Å². The van der Waals surface area contributed by atoms with Gasteiger partial charge in [-0.05, 0) is 20.3 Å². The Morgan fingerprint density at radius 3 is 2.30 bits per heavy atom. The highest BCUT2D eigenvalue weighted by Crippen LogP contribution is 2.13. The first kappa shape index (κ1) is 10.3. The molecule has 0 aromatic carbocycles. The van der Waals surface area contributed by atoms with Gasteiger partial charge in [-0.15, -0.1) is 0 Å². The van der Waals surface area contributed by atoms with Crippen LogP contribution in [0.4, 0.5) is 0 Å². The molecule has 0 unspecified atom stereocenters. The van der Waals surface area contributed by atoms with Crippen molar-refractivity contribution in [3.63, 3.8) is 0 Å². The Kier molecular flexibility index (Phi) is 5.18. The summed E-state index contributed by atoms with van der Waals surface area (Å²) in [4.78, 5) is 0. The van der Waals surface area contributed by atoms with Gasteiger partial charge in [-0.2, -0.15) is 0 Å². The highest BCUT2D eigenvalue weighted by atomic mass is 32.1. The molecule has 0 aliphatic rings. The fourth-order valence-electron chi connectivity index (χ4n) is 0.873. The van der Waals surface area contributed by atoms with Gasteiger partial charge in [0.15, 0.2) is 0 Å². The molecule has 1 nitrogen and oxygen atoms in total.